The molecule has 0 fully saturated rings. The van der Waals surface area contributed by atoms with E-state index < -0.39 is 0 Å². The number of ether oxygens (including phenoxy) is 1. The first kappa shape index (κ1) is 13.5. The minimum absolute atomic E-state index is 0.0236. The summed E-state index contributed by atoms with van der Waals surface area (Å²) in [6, 6.07) is 12.8. The highest BCUT2D eigenvalue weighted by Crippen LogP contribution is 2.41. The number of phenolic OH excluding ortho intramolecular Hbond substituents is 1. The molecule has 4 nitrogen and oxygen atoms in total. The van der Waals surface area contributed by atoms with E-state index in [1.165, 1.54) is 0 Å². The van der Waals surface area contributed by atoms with Crippen LogP contribution in [-0.4, -0.2) is 17.6 Å². The van der Waals surface area contributed by atoms with Gasteiger partial charge in [0, 0.05) is 23.6 Å². The molecule has 0 spiro atoms. The molecule has 0 bridgehead atoms. The van der Waals surface area contributed by atoms with E-state index in [1.54, 1.807) is 18.2 Å². The van der Waals surface area contributed by atoms with Crippen molar-refractivity contribution in [2.45, 2.75) is 19.3 Å². The van der Waals surface area contributed by atoms with Gasteiger partial charge in [-0.25, -0.2) is 0 Å². The quantitative estimate of drug-likeness (QED) is 0.850. The highest BCUT2D eigenvalue weighted by atomic mass is 16.5. The zero-order chi connectivity index (χ0) is 14.8. The van der Waals surface area contributed by atoms with Crippen molar-refractivity contribution >= 4 is 11.6 Å². The standard InChI is InChI=1S/C17H17NO3/c1-2-21-16-6-4-3-5-12(16)13-10-17(20)18-15-8-7-11(19)9-14(13)15/h3-9,13,19H,2,10H2,1H3,(H,18,20). The zero-order valence-corrected chi connectivity index (χ0v) is 11.8. The fourth-order valence-electron chi connectivity index (χ4n) is 2.78. The number of benzene rings is 2. The second-order valence-electron chi connectivity index (χ2n) is 5.05. The van der Waals surface area contributed by atoms with Gasteiger partial charge in [0.2, 0.25) is 5.91 Å². The van der Waals surface area contributed by atoms with Crippen LogP contribution in [0.4, 0.5) is 5.69 Å². The molecule has 2 aromatic carbocycles. The fourth-order valence-corrected chi connectivity index (χ4v) is 2.78. The summed E-state index contributed by atoms with van der Waals surface area (Å²) >= 11 is 0. The minimum atomic E-state index is -0.108. The van der Waals surface area contributed by atoms with Crippen LogP contribution in [0.3, 0.4) is 0 Å². The van der Waals surface area contributed by atoms with E-state index in [0.717, 1.165) is 22.6 Å². The van der Waals surface area contributed by atoms with Crippen LogP contribution in [0.5, 0.6) is 11.5 Å². The van der Waals surface area contributed by atoms with Crippen LogP contribution >= 0.6 is 0 Å². The number of phenols is 1. The monoisotopic (exact) mass is 283 g/mol. The smallest absolute Gasteiger partial charge is 0.225 e. The molecule has 1 heterocycles. The van der Waals surface area contributed by atoms with Crippen molar-refractivity contribution < 1.29 is 14.6 Å². The maximum Gasteiger partial charge on any atom is 0.225 e. The summed E-state index contributed by atoms with van der Waals surface area (Å²) in [5, 5.41) is 12.6. The van der Waals surface area contributed by atoms with Gasteiger partial charge < -0.3 is 15.2 Å². The molecule has 0 saturated carbocycles. The molecule has 0 saturated heterocycles. The van der Waals surface area contributed by atoms with Gasteiger partial charge in [0.1, 0.15) is 11.5 Å². The summed E-state index contributed by atoms with van der Waals surface area (Å²) in [6.45, 7) is 2.51. The average molecular weight is 283 g/mol. The Morgan fingerprint density at radius 3 is 2.86 bits per heavy atom. The van der Waals surface area contributed by atoms with Crippen LogP contribution in [0.15, 0.2) is 42.5 Å². The van der Waals surface area contributed by atoms with E-state index in [2.05, 4.69) is 5.32 Å². The van der Waals surface area contributed by atoms with Crippen LogP contribution in [0, 0.1) is 0 Å². The Bertz CT molecular complexity index is 681. The lowest BCUT2D eigenvalue weighted by atomic mass is 9.84. The second-order valence-corrected chi connectivity index (χ2v) is 5.05. The van der Waals surface area contributed by atoms with Gasteiger partial charge in [0.15, 0.2) is 0 Å². The van der Waals surface area contributed by atoms with Crippen LogP contribution < -0.4 is 10.1 Å². The third-order valence-corrected chi connectivity index (χ3v) is 3.67. The first-order valence-corrected chi connectivity index (χ1v) is 7.03. The molecule has 0 radical (unpaired) electrons. The maximum atomic E-state index is 11.9. The lowest BCUT2D eigenvalue weighted by Crippen LogP contribution is -2.23. The average Bonchev–Trinajstić information content (AvgIpc) is 2.48. The number of carbonyl (C=O) groups is 1. The number of para-hydroxylation sites is 1. The van der Waals surface area contributed by atoms with Gasteiger partial charge in [0.05, 0.1) is 6.61 Å². The molecule has 1 aliphatic rings. The molecule has 1 aliphatic heterocycles. The summed E-state index contributed by atoms with van der Waals surface area (Å²) in [5.74, 6) is 0.853. The molecule has 1 atom stereocenters. The summed E-state index contributed by atoms with van der Waals surface area (Å²) in [7, 11) is 0. The molecule has 4 heteroatoms. The lowest BCUT2D eigenvalue weighted by molar-refractivity contribution is -0.116. The third-order valence-electron chi connectivity index (χ3n) is 3.67. The number of hydrogen-bond donors (Lipinski definition) is 2. The van der Waals surface area contributed by atoms with Crippen molar-refractivity contribution in [3.8, 4) is 11.5 Å². The molecular weight excluding hydrogens is 266 g/mol. The molecule has 2 N–H and O–H groups in total. The fraction of sp³-hybridized carbons (Fsp3) is 0.235. The minimum Gasteiger partial charge on any atom is -0.508 e. The van der Waals surface area contributed by atoms with Crippen molar-refractivity contribution in [1.82, 2.24) is 0 Å². The molecule has 2 aromatic rings. The van der Waals surface area contributed by atoms with E-state index in [9.17, 15) is 9.90 Å². The number of aromatic hydroxyl groups is 1. The van der Waals surface area contributed by atoms with E-state index in [-0.39, 0.29) is 17.6 Å². The molecule has 0 aliphatic carbocycles. The topological polar surface area (TPSA) is 58.6 Å². The number of carbonyl (C=O) groups excluding carboxylic acids is 1. The van der Waals surface area contributed by atoms with Crippen LogP contribution in [0.25, 0.3) is 0 Å². The van der Waals surface area contributed by atoms with E-state index in [0.29, 0.717) is 13.0 Å². The van der Waals surface area contributed by atoms with Gasteiger partial charge in [-0.05, 0) is 36.8 Å². The first-order valence-electron chi connectivity index (χ1n) is 7.03. The van der Waals surface area contributed by atoms with Crippen LogP contribution in [-0.2, 0) is 4.79 Å². The van der Waals surface area contributed by atoms with Crippen molar-refractivity contribution in [2.24, 2.45) is 0 Å². The Labute approximate surface area is 123 Å². The number of amides is 1. The Kier molecular flexibility index (Phi) is 3.52. The predicted molar refractivity (Wildman–Crippen MR) is 80.8 cm³/mol. The second kappa shape index (κ2) is 5.48. The number of anilines is 1. The van der Waals surface area contributed by atoms with E-state index >= 15 is 0 Å². The normalized spacial score (nSPS) is 17.0. The number of rotatable bonds is 3. The Hall–Kier alpha value is -2.49. The molecule has 3 rings (SSSR count). The Balaban J connectivity index is 2.11. The highest BCUT2D eigenvalue weighted by Gasteiger charge is 2.28. The van der Waals surface area contributed by atoms with Gasteiger partial charge in [-0.15, -0.1) is 0 Å². The lowest BCUT2D eigenvalue weighted by Gasteiger charge is -2.27. The highest BCUT2D eigenvalue weighted by molar-refractivity contribution is 5.95. The van der Waals surface area contributed by atoms with Crippen LogP contribution in [0.2, 0.25) is 0 Å². The Morgan fingerprint density at radius 1 is 1.24 bits per heavy atom. The van der Waals surface area contributed by atoms with Gasteiger partial charge in [-0.2, -0.15) is 0 Å². The molecule has 108 valence electrons. The zero-order valence-electron chi connectivity index (χ0n) is 11.8. The maximum absolute atomic E-state index is 11.9. The van der Waals surface area contributed by atoms with Gasteiger partial charge in [-0.3, -0.25) is 4.79 Å². The van der Waals surface area contributed by atoms with Crippen molar-refractivity contribution in [2.75, 3.05) is 11.9 Å². The SMILES string of the molecule is CCOc1ccccc1C1CC(=O)Nc2ccc(O)cc21. The molecule has 1 unspecified atom stereocenters. The molecule has 1 amide bonds. The molecular formula is C17H17NO3. The van der Waals surface area contributed by atoms with Gasteiger partial charge in [0.25, 0.3) is 0 Å². The van der Waals surface area contributed by atoms with E-state index in [1.807, 2.05) is 31.2 Å². The van der Waals surface area contributed by atoms with E-state index in [4.69, 9.17) is 4.74 Å². The first-order chi connectivity index (χ1) is 10.2. The van der Waals surface area contributed by atoms with Gasteiger partial charge in [-0.1, -0.05) is 18.2 Å². The van der Waals surface area contributed by atoms with Crippen LogP contribution in [0.1, 0.15) is 30.4 Å². The largest absolute Gasteiger partial charge is 0.508 e. The van der Waals surface area contributed by atoms with Gasteiger partial charge >= 0.3 is 0 Å². The molecule has 21 heavy (non-hydrogen) atoms. The summed E-state index contributed by atoms with van der Waals surface area (Å²) < 4.78 is 5.68. The predicted octanol–water partition coefficient (Wildman–Crippen LogP) is 3.27. The number of hydrogen-bond acceptors (Lipinski definition) is 3. The number of fused-ring (bicyclic) bond motifs is 1. The third kappa shape index (κ3) is 2.57. The van der Waals surface area contributed by atoms with Crippen molar-refractivity contribution in [3.05, 3.63) is 53.6 Å². The summed E-state index contributed by atoms with van der Waals surface area (Å²) in [4.78, 5) is 11.9. The Morgan fingerprint density at radius 2 is 2.05 bits per heavy atom. The number of nitrogens with one attached hydrogen (secondary N) is 1. The summed E-state index contributed by atoms with van der Waals surface area (Å²) in [6.07, 6.45) is 0.348. The van der Waals surface area contributed by atoms with Crippen molar-refractivity contribution in [1.29, 1.82) is 0 Å². The molecule has 0 aromatic heterocycles. The van der Waals surface area contributed by atoms with Crippen molar-refractivity contribution in [3.63, 3.8) is 0 Å². The summed E-state index contributed by atoms with van der Waals surface area (Å²) in [5.41, 5.74) is 2.64.